The zero-order valence-electron chi connectivity index (χ0n) is 80.6. The predicted molar refractivity (Wildman–Crippen MR) is 611 cm³/mol. The fourth-order valence-corrected chi connectivity index (χ4v) is 18.6. The van der Waals surface area contributed by atoms with Crippen LogP contribution in [-0.4, -0.2) is 26.4 Å². The maximum Gasteiger partial charge on any atom is 0.142 e. The molecule has 0 aromatic heterocycles. The third-order valence-corrected chi connectivity index (χ3v) is 24.3. The summed E-state index contributed by atoms with van der Waals surface area (Å²) in [5.41, 5.74) is 15.0. The Morgan fingerprint density at radius 1 is 0.182 bits per heavy atom. The zero-order chi connectivity index (χ0) is 104. The predicted octanol–water partition coefficient (Wildman–Crippen LogP) is 39.1. The largest absolute Gasteiger partial charge is 0.492 e. The van der Waals surface area contributed by atoms with E-state index in [0.717, 1.165) is 132 Å². The average Bonchev–Trinajstić information content (AvgIpc) is 0.819. The summed E-state index contributed by atoms with van der Waals surface area (Å²) in [4.78, 5) is 0. The number of halogens is 15. The Morgan fingerprint density at radius 2 is 0.336 bits per heavy atom. The van der Waals surface area contributed by atoms with Gasteiger partial charge in [0, 0.05) is 52.9 Å². The minimum Gasteiger partial charge on any atom is -0.492 e. The fraction of sp³-hybridized carbons (Fsp3) is 0.220. The Labute approximate surface area is 920 Å². The first-order valence-corrected chi connectivity index (χ1v) is 51.5. The number of benzene rings is 12. The molecule has 0 unspecified atom stereocenters. The molecular formula is C118H117Cl15O10. The summed E-state index contributed by atoms with van der Waals surface area (Å²) in [5.74, 6) is 6.60. The molecule has 0 N–H and O–H groups in total. The molecule has 25 heteroatoms. The van der Waals surface area contributed by atoms with Crippen LogP contribution in [0.4, 0.5) is 0 Å². The highest BCUT2D eigenvalue weighted by Gasteiger charge is 2.21. The molecule has 0 spiro atoms. The first-order valence-electron chi connectivity index (χ1n) is 45.9. The quantitative estimate of drug-likeness (QED) is 0.0343. The maximum atomic E-state index is 6.53. The van der Waals surface area contributed by atoms with Crippen LogP contribution in [0.2, 0.25) is 75.3 Å². The van der Waals surface area contributed by atoms with Gasteiger partial charge in [0.2, 0.25) is 0 Å². The number of ether oxygens (including phenoxy) is 10. The van der Waals surface area contributed by atoms with E-state index in [1.165, 1.54) is 0 Å². The van der Waals surface area contributed by atoms with Crippen molar-refractivity contribution in [2.24, 2.45) is 0 Å². The van der Waals surface area contributed by atoms with Crippen molar-refractivity contribution in [3.8, 4) is 57.5 Å². The molecule has 12 aromatic carbocycles. The van der Waals surface area contributed by atoms with Crippen LogP contribution in [0.25, 0.3) is 0 Å². The molecule has 0 radical (unpaired) electrons. The van der Waals surface area contributed by atoms with Gasteiger partial charge >= 0.3 is 0 Å². The van der Waals surface area contributed by atoms with Crippen molar-refractivity contribution < 1.29 is 47.4 Å². The van der Waals surface area contributed by atoms with E-state index in [1.807, 2.05) is 184 Å². The Hall–Kier alpha value is -9.61. The van der Waals surface area contributed by atoms with Gasteiger partial charge in [-0.1, -0.05) is 309 Å². The summed E-state index contributed by atoms with van der Waals surface area (Å²) >= 11 is 93.7. The average molecular weight is 2230 g/mol. The van der Waals surface area contributed by atoms with Gasteiger partial charge < -0.3 is 47.4 Å². The molecule has 0 aliphatic rings. The van der Waals surface area contributed by atoms with Gasteiger partial charge in [-0.2, -0.15) is 0 Å². The Morgan fingerprint density at radius 3 is 0.510 bits per heavy atom. The van der Waals surface area contributed by atoms with Crippen LogP contribution in [0.5, 0.6) is 57.5 Å². The smallest absolute Gasteiger partial charge is 0.142 e. The molecule has 10 nitrogen and oxygen atoms in total. The molecule has 0 aliphatic heterocycles. The molecule has 754 valence electrons. The first kappa shape index (κ1) is 120. The van der Waals surface area contributed by atoms with Crippen molar-refractivity contribution in [1.82, 2.24) is 0 Å². The molecule has 0 saturated heterocycles. The second kappa shape index (κ2) is 65.8. The van der Waals surface area contributed by atoms with E-state index in [-0.39, 0.29) is 19.8 Å². The van der Waals surface area contributed by atoms with Gasteiger partial charge in [-0.05, 0) is 279 Å². The van der Waals surface area contributed by atoms with Gasteiger partial charge in [-0.25, -0.2) is 0 Å². The fourth-order valence-electron chi connectivity index (χ4n) is 14.4. The van der Waals surface area contributed by atoms with Crippen LogP contribution < -0.4 is 47.4 Å². The van der Waals surface area contributed by atoms with Crippen LogP contribution >= 0.6 is 174 Å². The maximum absolute atomic E-state index is 6.53. The van der Waals surface area contributed by atoms with E-state index in [9.17, 15) is 0 Å². The lowest BCUT2D eigenvalue weighted by Crippen LogP contribution is -2.06. The summed E-state index contributed by atoms with van der Waals surface area (Å²) in [6.07, 6.45) is 26.6. The monoisotopic (exact) mass is 2220 g/mol. The topological polar surface area (TPSA) is 92.3 Å². The van der Waals surface area contributed by atoms with Crippen molar-refractivity contribution in [2.75, 3.05) is 26.4 Å². The van der Waals surface area contributed by atoms with Gasteiger partial charge in [0.15, 0.2) is 0 Å². The number of hydrogen-bond acceptors (Lipinski definition) is 10. The van der Waals surface area contributed by atoms with Crippen molar-refractivity contribution in [2.45, 2.75) is 144 Å². The lowest BCUT2D eigenvalue weighted by atomic mass is 10.1. The SMILES string of the molecule is C=CCc1cc(Cl)cc(Cl)c1OCC.C=CCc1cc(Cl)cc(Cl)c1OCCC.C=CCc1cc(Cl)cc(Cl)c1OCc1cc(COc2c(Cl)cc(Cl)cc2CC=C)cc(COc2c(Cl)cc(Cl)cc2CC=C)c1.C=CCc1cccc(Cl)c1OCC.C=CCc1cccc(Cl)c1OCCC.C=CCc1cccc(Cl)c1OCc1cc(COc2c(Cl)cccc2CC=C)cc(COc2c(Cl)cccc2CC=C)c1. The van der Waals surface area contributed by atoms with Gasteiger partial charge in [0.25, 0.3) is 0 Å². The van der Waals surface area contributed by atoms with E-state index < -0.39 is 0 Å². The normalized spacial score (nSPS) is 10.4. The second-order valence-electron chi connectivity index (χ2n) is 31.6. The number of para-hydroxylation sites is 5. The van der Waals surface area contributed by atoms with Crippen molar-refractivity contribution >= 4 is 174 Å². The highest BCUT2D eigenvalue weighted by atomic mass is 35.5. The molecule has 0 bridgehead atoms. The van der Waals surface area contributed by atoms with Gasteiger partial charge in [0.1, 0.15) is 97.1 Å². The van der Waals surface area contributed by atoms with Crippen LogP contribution in [0.1, 0.15) is 130 Å². The second-order valence-corrected chi connectivity index (χ2v) is 37.8. The van der Waals surface area contributed by atoms with E-state index in [2.05, 4.69) is 97.8 Å². The van der Waals surface area contributed by atoms with E-state index >= 15 is 0 Å². The van der Waals surface area contributed by atoms with E-state index in [1.54, 1.807) is 60.7 Å². The molecule has 12 rings (SSSR count). The van der Waals surface area contributed by atoms with Gasteiger partial charge in [0.05, 0.1) is 76.7 Å². The summed E-state index contributed by atoms with van der Waals surface area (Å²) in [7, 11) is 0. The van der Waals surface area contributed by atoms with Crippen LogP contribution in [0.15, 0.2) is 315 Å². The first-order chi connectivity index (χ1) is 69.0. The van der Waals surface area contributed by atoms with Crippen LogP contribution in [0, 0.1) is 0 Å². The molecule has 0 aliphatic carbocycles. The number of hydrogen-bond donors (Lipinski definition) is 0. The Kier molecular flexibility index (Phi) is 55.4. The summed E-state index contributed by atoms with van der Waals surface area (Å²) in [5, 5.41) is 8.20. The lowest BCUT2D eigenvalue weighted by Gasteiger charge is -2.17. The van der Waals surface area contributed by atoms with E-state index in [4.69, 9.17) is 221 Å². The Bertz CT molecular complexity index is 5860. The third kappa shape index (κ3) is 39.6. The van der Waals surface area contributed by atoms with Crippen LogP contribution in [0.3, 0.4) is 0 Å². The highest BCUT2D eigenvalue weighted by Crippen LogP contribution is 2.42. The molecule has 0 saturated carbocycles. The van der Waals surface area contributed by atoms with Gasteiger partial charge in [-0.15, -0.1) is 65.8 Å². The third-order valence-electron chi connectivity index (χ3n) is 20.3. The summed E-state index contributed by atoms with van der Waals surface area (Å²) < 4.78 is 59.6. The Balaban J connectivity index is 0.000000255. The van der Waals surface area contributed by atoms with Crippen LogP contribution in [-0.2, 0) is 104 Å². The van der Waals surface area contributed by atoms with E-state index in [0.29, 0.717) is 213 Å². The summed E-state index contributed by atoms with van der Waals surface area (Å²) in [6.45, 7) is 50.0. The zero-order valence-corrected chi connectivity index (χ0v) is 91.9. The lowest BCUT2D eigenvalue weighted by molar-refractivity contribution is 0.291. The highest BCUT2D eigenvalue weighted by molar-refractivity contribution is 6.39. The molecule has 0 fully saturated rings. The molecule has 12 aromatic rings. The van der Waals surface area contributed by atoms with Crippen molar-refractivity contribution in [1.29, 1.82) is 0 Å². The van der Waals surface area contributed by atoms with Gasteiger partial charge in [-0.3, -0.25) is 0 Å². The minimum atomic E-state index is 0.221. The van der Waals surface area contributed by atoms with Crippen molar-refractivity contribution in [3.05, 3.63) is 479 Å². The molecule has 0 heterocycles. The summed E-state index contributed by atoms with van der Waals surface area (Å²) in [6, 6.07) is 58.3. The molecule has 0 amide bonds. The molecular weight excluding hydrogens is 2110 g/mol. The molecule has 143 heavy (non-hydrogen) atoms. The minimum absolute atomic E-state index is 0.221. The standard InChI is InChI=1S/C36H30Cl6O3.C36H33Cl3O3.C12H14Cl2O.C12H15ClO.C11H12Cl2O.C11H13ClO/c1-4-7-25-13-28(37)16-31(40)34(25)43-19-22-10-23(20-44-35-26(8-5-2)14-29(38)17-32(35)41)12-24(11-22)21-45-36-27(9-6-3)15-30(39)18-33(36)42;1-4-10-28-13-7-16-31(37)34(28)40-22-25-19-26(23-41-35-29(11-5-2)14-8-17-32(35)38)21-27(20-25)24-42-36-30(12-6-3)15-9-18-33(36)39;1-3-5-9-7-10(13)8-11(14)12(9)15-6-4-2;1-3-6-10-7-5-8-11(13)12(10)14-9-4-2;1-3-5-8-6-9(12)7-10(13)11(8)14-4-2;1-3-6-9-7-5-8-10(12)11(9)13-4-2/h4-6,10-18H,1-3,7-9,19-21H2;4-9,13-21H,1-3,10-12,22-24H2;3,7-8H,1,4-6H2,2H3;3,5,7-8H,1,4,6,9H2,2H3;3,6-7H,1,4-5H2,2H3;3,5,7-8H,1,4,6H2,2H3. The number of allylic oxidation sites excluding steroid dienone is 10. The van der Waals surface area contributed by atoms with Crippen molar-refractivity contribution in [3.63, 3.8) is 0 Å². The molecule has 0 atom stereocenters. The number of rotatable bonds is 48.